The van der Waals surface area contributed by atoms with Crippen molar-refractivity contribution in [3.05, 3.63) is 30.5 Å². The van der Waals surface area contributed by atoms with E-state index in [1.165, 1.54) is 0 Å². The molecule has 1 radical (unpaired) electrons. The molecule has 0 aliphatic carbocycles. The normalized spacial score (nSPS) is 10.3. The Morgan fingerprint density at radius 1 is 1.36 bits per heavy atom. The summed E-state index contributed by atoms with van der Waals surface area (Å²) in [5.74, 6) is 0.528. The van der Waals surface area contributed by atoms with Gasteiger partial charge in [0, 0.05) is 5.39 Å². The van der Waals surface area contributed by atoms with Gasteiger partial charge in [-0.1, -0.05) is 18.2 Å². The van der Waals surface area contributed by atoms with Crippen molar-refractivity contribution >= 4 is 10.8 Å². The van der Waals surface area contributed by atoms with Crippen LogP contribution in [0.5, 0.6) is 5.95 Å². The molecular formula is C9H7O2. The molecule has 1 aromatic carbocycles. The van der Waals surface area contributed by atoms with E-state index in [0.717, 1.165) is 10.8 Å². The molecule has 2 aromatic rings. The minimum absolute atomic E-state index is 0.528. The average Bonchev–Trinajstić information content (AvgIpc) is 2.47. The predicted octanol–water partition coefficient (Wildman–Crippen LogP) is 2.24. The number of rotatable bonds is 1. The molecule has 11 heavy (non-hydrogen) atoms. The molecule has 0 aliphatic rings. The second-order valence-electron chi connectivity index (χ2n) is 2.24. The van der Waals surface area contributed by atoms with Gasteiger partial charge in [0.05, 0.1) is 12.5 Å². The summed E-state index contributed by atoms with van der Waals surface area (Å²) in [6, 6.07) is 7.75. The highest BCUT2D eigenvalue weighted by molar-refractivity contribution is 5.85. The lowest BCUT2D eigenvalue weighted by molar-refractivity contribution is 0.307. The highest BCUT2D eigenvalue weighted by Gasteiger charge is 2.03. The molecule has 2 heteroatoms. The molecule has 0 amide bonds. The van der Waals surface area contributed by atoms with Crippen molar-refractivity contribution in [3.8, 4) is 5.95 Å². The van der Waals surface area contributed by atoms with E-state index >= 15 is 0 Å². The molecule has 0 atom stereocenters. The first kappa shape index (κ1) is 6.28. The summed E-state index contributed by atoms with van der Waals surface area (Å²) < 4.78 is 9.99. The van der Waals surface area contributed by atoms with Crippen molar-refractivity contribution < 1.29 is 9.15 Å². The zero-order valence-corrected chi connectivity index (χ0v) is 6.13. The highest BCUT2D eigenvalue weighted by atomic mass is 16.6. The molecule has 0 saturated carbocycles. The molecule has 55 valence electrons. The highest BCUT2D eigenvalue weighted by Crippen LogP contribution is 2.25. The van der Waals surface area contributed by atoms with Gasteiger partial charge in [0.15, 0.2) is 6.26 Å². The summed E-state index contributed by atoms with van der Waals surface area (Å²) in [4.78, 5) is 0. The molecule has 2 rings (SSSR count). The van der Waals surface area contributed by atoms with Crippen LogP contribution in [-0.2, 0) is 0 Å². The minimum atomic E-state index is 0.528. The van der Waals surface area contributed by atoms with Crippen molar-refractivity contribution in [2.24, 2.45) is 0 Å². The monoisotopic (exact) mass is 147 g/mol. The quantitative estimate of drug-likeness (QED) is 0.617. The fourth-order valence-electron chi connectivity index (χ4n) is 1.06. The van der Waals surface area contributed by atoms with Gasteiger partial charge < -0.3 is 9.15 Å². The first-order valence-electron chi connectivity index (χ1n) is 3.35. The van der Waals surface area contributed by atoms with Crippen LogP contribution >= 0.6 is 0 Å². The van der Waals surface area contributed by atoms with Crippen LogP contribution in [0.4, 0.5) is 0 Å². The van der Waals surface area contributed by atoms with Gasteiger partial charge in [-0.25, -0.2) is 0 Å². The SMILES string of the molecule is COc1o[c]c2ccccc12. The van der Waals surface area contributed by atoms with Gasteiger partial charge in [-0.3, -0.25) is 0 Å². The van der Waals surface area contributed by atoms with Crippen molar-refractivity contribution in [1.82, 2.24) is 0 Å². The maximum atomic E-state index is 5.02. The van der Waals surface area contributed by atoms with E-state index in [-0.39, 0.29) is 0 Å². The third kappa shape index (κ3) is 0.871. The summed E-state index contributed by atoms with van der Waals surface area (Å²) in [5.41, 5.74) is 0. The largest absolute Gasteiger partial charge is 0.468 e. The van der Waals surface area contributed by atoms with Gasteiger partial charge in [-0.05, 0) is 6.07 Å². The van der Waals surface area contributed by atoms with E-state index < -0.39 is 0 Å². The van der Waals surface area contributed by atoms with Crippen LogP contribution < -0.4 is 4.74 Å². The molecule has 2 nitrogen and oxygen atoms in total. The number of furan rings is 1. The van der Waals surface area contributed by atoms with Gasteiger partial charge >= 0.3 is 0 Å². The Morgan fingerprint density at radius 3 is 3.00 bits per heavy atom. The van der Waals surface area contributed by atoms with Crippen molar-refractivity contribution in [1.29, 1.82) is 0 Å². The van der Waals surface area contributed by atoms with E-state index in [1.807, 2.05) is 24.3 Å². The summed E-state index contributed by atoms with van der Waals surface area (Å²) in [6.07, 6.45) is 2.74. The molecular weight excluding hydrogens is 140 g/mol. The lowest BCUT2D eigenvalue weighted by Gasteiger charge is -1.91. The van der Waals surface area contributed by atoms with Gasteiger partial charge in [0.2, 0.25) is 0 Å². The number of benzene rings is 1. The Kier molecular flexibility index (Phi) is 1.32. The topological polar surface area (TPSA) is 22.4 Å². The van der Waals surface area contributed by atoms with E-state index in [1.54, 1.807) is 7.11 Å². The second-order valence-corrected chi connectivity index (χ2v) is 2.24. The number of ether oxygens (including phenoxy) is 1. The van der Waals surface area contributed by atoms with Gasteiger partial charge in [-0.15, -0.1) is 0 Å². The van der Waals surface area contributed by atoms with Gasteiger partial charge in [-0.2, -0.15) is 0 Å². The van der Waals surface area contributed by atoms with Gasteiger partial charge in [0.1, 0.15) is 0 Å². The number of hydrogen-bond acceptors (Lipinski definition) is 2. The first-order chi connectivity index (χ1) is 5.42. The van der Waals surface area contributed by atoms with E-state index in [4.69, 9.17) is 9.15 Å². The van der Waals surface area contributed by atoms with E-state index in [2.05, 4.69) is 6.26 Å². The standard InChI is InChI=1S/C9H7O2/c1-10-9-8-5-3-2-4-7(8)6-11-9/h2-5H,1H3. The van der Waals surface area contributed by atoms with Crippen molar-refractivity contribution in [2.75, 3.05) is 7.11 Å². The second kappa shape index (κ2) is 2.31. The van der Waals surface area contributed by atoms with Crippen LogP contribution in [0.25, 0.3) is 10.8 Å². The minimum Gasteiger partial charge on any atom is -0.468 e. The molecule has 0 fully saturated rings. The Balaban J connectivity index is 2.76. The number of methoxy groups -OCH3 is 1. The zero-order valence-electron chi connectivity index (χ0n) is 6.13. The zero-order chi connectivity index (χ0) is 7.68. The molecule has 0 aliphatic heterocycles. The fourth-order valence-corrected chi connectivity index (χ4v) is 1.06. The maximum absolute atomic E-state index is 5.02. The summed E-state index contributed by atoms with van der Waals surface area (Å²) in [6.45, 7) is 0. The Bertz CT molecular complexity index is 362. The fraction of sp³-hybridized carbons (Fsp3) is 0.111. The lowest BCUT2D eigenvalue weighted by Crippen LogP contribution is -1.77. The summed E-state index contributed by atoms with van der Waals surface area (Å²) in [5, 5.41) is 1.92. The van der Waals surface area contributed by atoms with Crippen LogP contribution in [0.3, 0.4) is 0 Å². The average molecular weight is 147 g/mol. The van der Waals surface area contributed by atoms with Crippen molar-refractivity contribution in [3.63, 3.8) is 0 Å². The molecule has 0 unspecified atom stereocenters. The Morgan fingerprint density at radius 2 is 2.18 bits per heavy atom. The summed E-state index contributed by atoms with van der Waals surface area (Å²) >= 11 is 0. The maximum Gasteiger partial charge on any atom is 0.292 e. The van der Waals surface area contributed by atoms with Crippen molar-refractivity contribution in [2.45, 2.75) is 0 Å². The lowest BCUT2D eigenvalue weighted by atomic mass is 10.2. The third-order valence-corrected chi connectivity index (χ3v) is 1.59. The van der Waals surface area contributed by atoms with Crippen LogP contribution in [-0.4, -0.2) is 7.11 Å². The first-order valence-corrected chi connectivity index (χ1v) is 3.35. The Labute approximate surface area is 64.4 Å². The van der Waals surface area contributed by atoms with Gasteiger partial charge in [0.25, 0.3) is 5.95 Å². The molecule has 0 N–H and O–H groups in total. The molecule has 0 spiro atoms. The summed E-state index contributed by atoms with van der Waals surface area (Å²) in [7, 11) is 1.58. The van der Waals surface area contributed by atoms with E-state index in [0.29, 0.717) is 5.95 Å². The molecule has 1 aromatic heterocycles. The predicted molar refractivity (Wildman–Crippen MR) is 41.6 cm³/mol. The molecule has 0 bridgehead atoms. The number of fused-ring (bicyclic) bond motifs is 1. The molecule has 1 heterocycles. The smallest absolute Gasteiger partial charge is 0.292 e. The van der Waals surface area contributed by atoms with E-state index in [9.17, 15) is 0 Å². The third-order valence-electron chi connectivity index (χ3n) is 1.59. The van der Waals surface area contributed by atoms with Crippen LogP contribution in [0.2, 0.25) is 0 Å². The number of hydrogen-bond donors (Lipinski definition) is 0. The van der Waals surface area contributed by atoms with Crippen LogP contribution in [0.15, 0.2) is 28.7 Å². The van der Waals surface area contributed by atoms with Crippen LogP contribution in [0.1, 0.15) is 0 Å². The van der Waals surface area contributed by atoms with Crippen LogP contribution in [0, 0.1) is 6.26 Å². The Hall–Kier alpha value is -1.44. The molecule has 0 saturated heterocycles.